The number of amides is 2. The van der Waals surface area contributed by atoms with Gasteiger partial charge >= 0.3 is 6.18 Å². The van der Waals surface area contributed by atoms with Crippen LogP contribution < -0.4 is 22.1 Å². The third-order valence-electron chi connectivity index (χ3n) is 12.6. The minimum Gasteiger partial charge on any atom is -0.383 e. The van der Waals surface area contributed by atoms with Crippen LogP contribution in [0.5, 0.6) is 0 Å². The summed E-state index contributed by atoms with van der Waals surface area (Å²) in [6.07, 6.45) is -1.23. The molecule has 364 valence electrons. The molecule has 71 heavy (non-hydrogen) atoms. The standard InChI is InChI=1S/C32H30F3N5O.C25H28N4O/c1-21-7-8-23(17-22(21)9-10-24-19-37-30(36)28-6-4-3-5-27(24)28)31(41)38-26-12-11-25(29(18-26)32(33,34)35)20-40-15-13-39(2)14-16-40;1-4-29(5-2)15-14-27-25(30)20-11-10-18(3)19(16-20)12-13-21-17-28-24(26)23-9-7-6-8-22(21)23/h3-8,11-12,17-19H,13-16,20H2,1-2H3,(H2,36,37)(H,38,41);6-11,16-17H,4-5,14-15H2,1-3H3,(H2,26,28)(H,27,30). The summed E-state index contributed by atoms with van der Waals surface area (Å²) in [7, 11) is 2.00. The summed E-state index contributed by atoms with van der Waals surface area (Å²) in [6, 6.07) is 30.0. The van der Waals surface area contributed by atoms with Gasteiger partial charge in [0, 0.05) is 108 Å². The molecule has 6 N–H and O–H groups in total. The van der Waals surface area contributed by atoms with Gasteiger partial charge < -0.3 is 31.9 Å². The highest BCUT2D eigenvalue weighted by molar-refractivity contribution is 6.04. The molecule has 1 saturated heterocycles. The number of hydrogen-bond donors (Lipinski definition) is 4. The van der Waals surface area contributed by atoms with Crippen LogP contribution in [0.3, 0.4) is 0 Å². The summed E-state index contributed by atoms with van der Waals surface area (Å²) in [4.78, 5) is 40.6. The number of pyridine rings is 2. The zero-order valence-corrected chi connectivity index (χ0v) is 40.7. The van der Waals surface area contributed by atoms with E-state index in [4.69, 9.17) is 11.5 Å². The van der Waals surface area contributed by atoms with Crippen molar-refractivity contribution in [3.8, 4) is 23.7 Å². The number of carbonyl (C=O) groups excluding carboxylic acids is 2. The predicted molar refractivity (Wildman–Crippen MR) is 279 cm³/mol. The van der Waals surface area contributed by atoms with E-state index < -0.39 is 17.6 Å². The van der Waals surface area contributed by atoms with Crippen LogP contribution in [0.25, 0.3) is 21.5 Å². The number of anilines is 3. The topological polar surface area (TPSA) is 146 Å². The van der Waals surface area contributed by atoms with Gasteiger partial charge in [-0.25, -0.2) is 9.97 Å². The van der Waals surface area contributed by atoms with E-state index in [1.807, 2.05) is 92.5 Å². The Labute approximate surface area is 413 Å². The number of likely N-dealkylation sites (N-methyl/N-ethyl adjacent to an activating group) is 2. The maximum Gasteiger partial charge on any atom is 0.416 e. The average molecular weight is 958 g/mol. The monoisotopic (exact) mass is 957 g/mol. The van der Waals surface area contributed by atoms with Gasteiger partial charge in [-0.15, -0.1) is 0 Å². The van der Waals surface area contributed by atoms with Gasteiger partial charge in [-0.3, -0.25) is 14.5 Å². The van der Waals surface area contributed by atoms with E-state index in [1.54, 1.807) is 30.6 Å². The molecule has 7 aromatic rings. The molecule has 0 radical (unpaired) electrons. The number of piperazine rings is 1. The molecule has 2 amide bonds. The molecule has 0 saturated carbocycles. The molecule has 0 spiro atoms. The molecule has 3 heterocycles. The summed E-state index contributed by atoms with van der Waals surface area (Å²) in [5, 5.41) is 9.16. The Hall–Kier alpha value is -7.75. The quantitative estimate of drug-likeness (QED) is 0.0987. The van der Waals surface area contributed by atoms with E-state index in [-0.39, 0.29) is 29.3 Å². The van der Waals surface area contributed by atoms with Gasteiger partial charge in [0.05, 0.1) is 16.7 Å². The highest BCUT2D eigenvalue weighted by Gasteiger charge is 2.34. The van der Waals surface area contributed by atoms with E-state index in [1.165, 1.54) is 12.1 Å². The van der Waals surface area contributed by atoms with E-state index >= 15 is 0 Å². The first-order valence-corrected chi connectivity index (χ1v) is 23.6. The number of hydrogen-bond acceptors (Lipinski definition) is 9. The van der Waals surface area contributed by atoms with Crippen LogP contribution in [0.1, 0.15) is 79.1 Å². The predicted octanol–water partition coefficient (Wildman–Crippen LogP) is 9.14. The van der Waals surface area contributed by atoms with Gasteiger partial charge in [0.1, 0.15) is 11.6 Å². The molecule has 11 nitrogen and oxygen atoms in total. The van der Waals surface area contributed by atoms with Crippen molar-refractivity contribution in [2.24, 2.45) is 0 Å². The summed E-state index contributed by atoms with van der Waals surface area (Å²) in [6.45, 7) is 14.8. The van der Waals surface area contributed by atoms with Gasteiger partial charge in [-0.05, 0) is 87.1 Å². The second kappa shape index (κ2) is 23.2. The molecule has 0 unspecified atom stereocenters. The number of carbonyl (C=O) groups is 2. The van der Waals surface area contributed by atoms with Crippen molar-refractivity contribution in [1.82, 2.24) is 30.0 Å². The number of nitrogens with zero attached hydrogens (tertiary/aromatic N) is 5. The van der Waals surface area contributed by atoms with Crippen molar-refractivity contribution in [1.29, 1.82) is 0 Å². The minimum atomic E-state index is -4.55. The number of nitrogens with two attached hydrogens (primary N) is 2. The van der Waals surface area contributed by atoms with Crippen molar-refractivity contribution in [2.45, 2.75) is 40.4 Å². The zero-order valence-electron chi connectivity index (χ0n) is 40.7. The Kier molecular flexibility index (Phi) is 16.7. The molecule has 14 heteroatoms. The van der Waals surface area contributed by atoms with Gasteiger partial charge in [-0.1, -0.05) is 104 Å². The summed E-state index contributed by atoms with van der Waals surface area (Å²) in [5.74, 6) is 13.0. The normalized spacial score (nSPS) is 12.9. The zero-order chi connectivity index (χ0) is 50.7. The maximum atomic E-state index is 14.0. The van der Waals surface area contributed by atoms with Gasteiger partial charge in [0.2, 0.25) is 0 Å². The highest BCUT2D eigenvalue weighted by atomic mass is 19.4. The smallest absolute Gasteiger partial charge is 0.383 e. The van der Waals surface area contributed by atoms with Crippen LogP contribution in [0.2, 0.25) is 0 Å². The largest absolute Gasteiger partial charge is 0.416 e. The number of nitrogens with one attached hydrogen (secondary N) is 2. The van der Waals surface area contributed by atoms with Crippen LogP contribution in [-0.2, 0) is 12.7 Å². The van der Waals surface area contributed by atoms with Crippen LogP contribution in [0, 0.1) is 37.5 Å². The lowest BCUT2D eigenvalue weighted by Gasteiger charge is -2.33. The van der Waals surface area contributed by atoms with Crippen LogP contribution >= 0.6 is 0 Å². The van der Waals surface area contributed by atoms with Crippen molar-refractivity contribution in [2.75, 3.05) is 76.2 Å². The van der Waals surface area contributed by atoms with E-state index in [0.717, 1.165) is 82.6 Å². The van der Waals surface area contributed by atoms with Crippen molar-refractivity contribution in [3.63, 3.8) is 0 Å². The fourth-order valence-electron chi connectivity index (χ4n) is 8.17. The number of benzene rings is 5. The van der Waals surface area contributed by atoms with Gasteiger partial charge in [-0.2, -0.15) is 13.2 Å². The number of alkyl halides is 3. The first-order chi connectivity index (χ1) is 34.1. The van der Waals surface area contributed by atoms with Crippen molar-refractivity contribution < 1.29 is 22.8 Å². The summed E-state index contributed by atoms with van der Waals surface area (Å²) >= 11 is 0. The molecule has 5 aromatic carbocycles. The lowest BCUT2D eigenvalue weighted by Crippen LogP contribution is -2.44. The van der Waals surface area contributed by atoms with Gasteiger partial charge in [0.15, 0.2) is 0 Å². The van der Waals surface area contributed by atoms with Gasteiger partial charge in [0.25, 0.3) is 11.8 Å². The number of nitrogen functional groups attached to an aromatic ring is 2. The van der Waals surface area contributed by atoms with Crippen LogP contribution in [0.15, 0.2) is 116 Å². The van der Waals surface area contributed by atoms with Crippen LogP contribution in [0.4, 0.5) is 30.5 Å². The Morgan fingerprint density at radius 1 is 0.662 bits per heavy atom. The number of fused-ring (bicyclic) bond motifs is 2. The molecular weight excluding hydrogens is 900 g/mol. The van der Waals surface area contributed by atoms with E-state index in [9.17, 15) is 22.8 Å². The second-order valence-electron chi connectivity index (χ2n) is 17.5. The fourth-order valence-corrected chi connectivity index (χ4v) is 8.17. The Morgan fingerprint density at radius 2 is 1.15 bits per heavy atom. The summed E-state index contributed by atoms with van der Waals surface area (Å²) in [5.41, 5.74) is 17.2. The van der Waals surface area contributed by atoms with Crippen LogP contribution in [-0.4, -0.2) is 95.9 Å². The molecule has 0 aliphatic carbocycles. The third kappa shape index (κ3) is 13.1. The molecule has 1 aliphatic rings. The Bertz CT molecular complexity index is 3190. The molecule has 0 atom stereocenters. The SMILES string of the molecule is CCN(CC)CCNC(=O)c1ccc(C)c(C#Cc2cnc(N)c3ccccc23)c1.Cc1ccc(C(=O)Nc2ccc(CN3CCN(C)CC3)c(C(F)(F)F)c2)cc1C#Cc1cnc(N)c2ccccc12. The van der Waals surface area contributed by atoms with E-state index in [2.05, 4.69) is 67.9 Å². The Balaban J connectivity index is 0.000000219. The maximum absolute atomic E-state index is 14.0. The van der Waals surface area contributed by atoms with E-state index in [0.29, 0.717) is 48.0 Å². The average Bonchev–Trinajstić information content (AvgIpc) is 3.37. The molecule has 8 rings (SSSR count). The second-order valence-corrected chi connectivity index (χ2v) is 17.5. The number of aryl methyl sites for hydroxylation is 2. The lowest BCUT2D eigenvalue weighted by molar-refractivity contribution is -0.138. The molecule has 0 bridgehead atoms. The van der Waals surface area contributed by atoms with Crippen molar-refractivity contribution in [3.05, 3.63) is 171 Å². The third-order valence-corrected chi connectivity index (χ3v) is 12.6. The molecular formula is C57H58F3N9O2. The Morgan fingerprint density at radius 3 is 1.66 bits per heavy atom. The molecule has 1 aliphatic heterocycles. The number of aromatic nitrogens is 2. The lowest BCUT2D eigenvalue weighted by atomic mass is 10.0. The summed E-state index contributed by atoms with van der Waals surface area (Å²) < 4.78 is 41.9. The molecule has 2 aromatic heterocycles. The first kappa shape index (κ1) is 51.1. The first-order valence-electron chi connectivity index (χ1n) is 23.6. The molecule has 1 fully saturated rings. The number of halogens is 3. The minimum absolute atomic E-state index is 0.0789. The van der Waals surface area contributed by atoms with Crippen molar-refractivity contribution >= 4 is 50.7 Å². The fraction of sp³-hybridized carbons (Fsp3) is 0.263. The number of rotatable bonds is 10. The highest BCUT2D eigenvalue weighted by Crippen LogP contribution is 2.35.